The molecule has 0 bridgehead atoms. The molecule has 1 aliphatic heterocycles. The highest BCUT2D eigenvalue weighted by Gasteiger charge is 2.40. The summed E-state index contributed by atoms with van der Waals surface area (Å²) in [4.78, 5) is 0. The maximum absolute atomic E-state index is 12.7. The zero-order valence-corrected chi connectivity index (χ0v) is 14.1. The Bertz CT molecular complexity index is 958. The second-order valence-corrected chi connectivity index (χ2v) is 8.19. The Hall–Kier alpha value is -2.52. The van der Waals surface area contributed by atoms with E-state index in [2.05, 4.69) is 6.07 Å². The summed E-state index contributed by atoms with van der Waals surface area (Å²) in [6, 6.07) is 15.1. The first-order valence-corrected chi connectivity index (χ1v) is 9.32. The Balaban J connectivity index is 1.82. The van der Waals surface area contributed by atoms with Crippen molar-refractivity contribution in [3.8, 4) is 17.2 Å². The minimum Gasteiger partial charge on any atom is -0.254 e. The molecule has 0 atom stereocenters. The Morgan fingerprint density at radius 2 is 1.92 bits per heavy atom. The average Bonchev–Trinajstić information content (AvgIpc) is 3.39. The number of rotatable bonds is 3. The van der Waals surface area contributed by atoms with Crippen molar-refractivity contribution in [3.05, 3.63) is 48.0 Å². The molecule has 2 aromatic rings. The molecule has 1 saturated carbocycles. The van der Waals surface area contributed by atoms with E-state index in [9.17, 15) is 13.7 Å². The molecule has 0 unspecified atom stereocenters. The number of hydrogen-bond donors (Lipinski definition) is 0. The fourth-order valence-corrected chi connectivity index (χ4v) is 4.60. The normalized spacial score (nSPS) is 18.3. The van der Waals surface area contributed by atoms with E-state index < -0.39 is 10.2 Å². The lowest BCUT2D eigenvalue weighted by Gasteiger charge is -2.18. The van der Waals surface area contributed by atoms with Crippen LogP contribution in [0.3, 0.4) is 0 Å². The van der Waals surface area contributed by atoms with Crippen LogP contribution in [0.4, 0.5) is 11.4 Å². The number of nitriles is 1. The molecule has 0 aromatic heterocycles. The molecule has 0 amide bonds. The van der Waals surface area contributed by atoms with Crippen LogP contribution >= 0.6 is 0 Å². The molecule has 6 heteroatoms. The van der Waals surface area contributed by atoms with E-state index in [1.54, 1.807) is 13.1 Å². The molecule has 0 spiro atoms. The van der Waals surface area contributed by atoms with E-state index in [1.807, 2.05) is 36.4 Å². The smallest absolute Gasteiger partial charge is 0.254 e. The zero-order chi connectivity index (χ0) is 16.9. The first-order valence-electron chi connectivity index (χ1n) is 7.92. The largest absolute Gasteiger partial charge is 0.326 e. The molecule has 0 radical (unpaired) electrons. The van der Waals surface area contributed by atoms with Gasteiger partial charge in [0.15, 0.2) is 0 Å². The van der Waals surface area contributed by atoms with Crippen molar-refractivity contribution in [2.75, 3.05) is 22.2 Å². The van der Waals surface area contributed by atoms with Crippen LogP contribution in [0.15, 0.2) is 42.5 Å². The van der Waals surface area contributed by atoms with Crippen LogP contribution in [0, 0.1) is 17.2 Å². The molecule has 1 fully saturated rings. The minimum absolute atomic E-state index is 0.470. The van der Waals surface area contributed by atoms with Crippen molar-refractivity contribution >= 4 is 21.6 Å². The highest BCUT2D eigenvalue weighted by atomic mass is 32.2. The van der Waals surface area contributed by atoms with E-state index in [-0.39, 0.29) is 0 Å². The van der Waals surface area contributed by atoms with Crippen LogP contribution in [0.1, 0.15) is 18.4 Å². The number of hydrogen-bond acceptors (Lipinski definition) is 3. The summed E-state index contributed by atoms with van der Waals surface area (Å²) in [6.45, 7) is 0.549. The van der Waals surface area contributed by atoms with Gasteiger partial charge in [0.2, 0.25) is 0 Å². The first-order chi connectivity index (χ1) is 11.5. The maximum Gasteiger partial charge on any atom is 0.326 e. The third kappa shape index (κ3) is 2.24. The molecule has 122 valence electrons. The van der Waals surface area contributed by atoms with Gasteiger partial charge in [0.05, 0.1) is 23.0 Å². The van der Waals surface area contributed by atoms with Gasteiger partial charge in [-0.05, 0) is 48.1 Å². The minimum atomic E-state index is -3.49. The molecule has 2 aliphatic rings. The lowest BCUT2D eigenvalue weighted by Crippen LogP contribution is -2.36. The Labute approximate surface area is 141 Å². The topological polar surface area (TPSA) is 64.4 Å². The van der Waals surface area contributed by atoms with E-state index >= 15 is 0 Å². The molecule has 2 aromatic carbocycles. The Morgan fingerprint density at radius 3 is 2.62 bits per heavy atom. The molecule has 0 N–H and O–H groups in total. The summed E-state index contributed by atoms with van der Waals surface area (Å²) in [5.41, 5.74) is 3.63. The lowest BCUT2D eigenvalue weighted by atomic mass is 9.99. The highest BCUT2D eigenvalue weighted by molar-refractivity contribution is 7.94. The first kappa shape index (κ1) is 15.0. The summed E-state index contributed by atoms with van der Waals surface area (Å²) < 4.78 is 28.2. The molecule has 24 heavy (non-hydrogen) atoms. The van der Waals surface area contributed by atoms with Crippen LogP contribution in [0.25, 0.3) is 11.1 Å². The van der Waals surface area contributed by atoms with Gasteiger partial charge >= 0.3 is 10.2 Å². The van der Waals surface area contributed by atoms with Gasteiger partial charge in [-0.15, -0.1) is 0 Å². The van der Waals surface area contributed by atoms with E-state index in [0.717, 1.165) is 29.7 Å². The SMILES string of the molecule is CN1c2cc(-c3ccccc3C#N)ccc2N(CC2CC2)S1(=O)=O. The van der Waals surface area contributed by atoms with Gasteiger partial charge < -0.3 is 0 Å². The zero-order valence-electron chi connectivity index (χ0n) is 13.3. The number of nitrogens with zero attached hydrogens (tertiary/aromatic N) is 3. The van der Waals surface area contributed by atoms with Crippen molar-refractivity contribution in [2.24, 2.45) is 5.92 Å². The van der Waals surface area contributed by atoms with Gasteiger partial charge in [0.25, 0.3) is 0 Å². The molecular weight excluding hydrogens is 322 g/mol. The van der Waals surface area contributed by atoms with Gasteiger partial charge in [0, 0.05) is 13.6 Å². The van der Waals surface area contributed by atoms with Crippen molar-refractivity contribution in [3.63, 3.8) is 0 Å². The Morgan fingerprint density at radius 1 is 1.17 bits per heavy atom. The Kier molecular flexibility index (Phi) is 3.29. The lowest BCUT2D eigenvalue weighted by molar-refractivity contribution is 0.590. The molecule has 0 saturated heterocycles. The summed E-state index contributed by atoms with van der Waals surface area (Å²) >= 11 is 0. The number of benzene rings is 2. The maximum atomic E-state index is 12.7. The molecule has 1 heterocycles. The van der Waals surface area contributed by atoms with Gasteiger partial charge in [-0.3, -0.25) is 8.61 Å². The molecule has 5 nitrogen and oxygen atoms in total. The third-order valence-electron chi connectivity index (χ3n) is 4.69. The van der Waals surface area contributed by atoms with Crippen LogP contribution in [-0.4, -0.2) is 22.0 Å². The second kappa shape index (κ2) is 5.25. The van der Waals surface area contributed by atoms with Crippen LogP contribution in [0.5, 0.6) is 0 Å². The fourth-order valence-electron chi connectivity index (χ4n) is 3.11. The molecule has 1 aliphatic carbocycles. The van der Waals surface area contributed by atoms with Crippen molar-refractivity contribution < 1.29 is 8.42 Å². The summed E-state index contributed by atoms with van der Waals surface area (Å²) in [5, 5.41) is 9.29. The van der Waals surface area contributed by atoms with Gasteiger partial charge in [-0.25, -0.2) is 0 Å². The van der Waals surface area contributed by atoms with Crippen molar-refractivity contribution in [1.82, 2.24) is 0 Å². The third-order valence-corrected chi connectivity index (χ3v) is 6.48. The van der Waals surface area contributed by atoms with E-state index in [1.165, 1.54) is 8.61 Å². The molecule has 4 rings (SSSR count). The van der Waals surface area contributed by atoms with Crippen LogP contribution in [-0.2, 0) is 10.2 Å². The van der Waals surface area contributed by atoms with Gasteiger partial charge in [0.1, 0.15) is 0 Å². The van der Waals surface area contributed by atoms with Crippen LogP contribution in [0.2, 0.25) is 0 Å². The monoisotopic (exact) mass is 339 g/mol. The number of anilines is 2. The quantitative estimate of drug-likeness (QED) is 0.863. The summed E-state index contributed by atoms with van der Waals surface area (Å²) in [6.07, 6.45) is 2.19. The van der Waals surface area contributed by atoms with Crippen molar-refractivity contribution in [1.29, 1.82) is 5.26 Å². The van der Waals surface area contributed by atoms with Crippen LogP contribution < -0.4 is 8.61 Å². The van der Waals surface area contributed by atoms with Gasteiger partial charge in [-0.2, -0.15) is 13.7 Å². The molecular formula is C18H17N3O2S. The van der Waals surface area contributed by atoms with E-state index in [4.69, 9.17) is 0 Å². The average molecular weight is 339 g/mol. The predicted molar refractivity (Wildman–Crippen MR) is 94.0 cm³/mol. The van der Waals surface area contributed by atoms with E-state index in [0.29, 0.717) is 23.7 Å². The summed E-state index contributed by atoms with van der Waals surface area (Å²) in [5.74, 6) is 0.470. The standard InChI is InChI=1S/C18H17N3O2S/c1-20-18-10-14(16-5-3-2-4-15(16)11-19)8-9-17(18)21(24(20,22)23)12-13-6-7-13/h2-5,8-10,13H,6-7,12H2,1H3. The predicted octanol–water partition coefficient (Wildman–Crippen LogP) is 3.14. The fraction of sp³-hybridized carbons (Fsp3) is 0.278. The highest BCUT2D eigenvalue weighted by Crippen LogP contribution is 2.44. The number of fused-ring (bicyclic) bond motifs is 1. The van der Waals surface area contributed by atoms with Crippen molar-refractivity contribution in [2.45, 2.75) is 12.8 Å². The van der Waals surface area contributed by atoms with Gasteiger partial charge in [-0.1, -0.05) is 24.3 Å². The second-order valence-electron chi connectivity index (χ2n) is 6.31. The summed E-state index contributed by atoms with van der Waals surface area (Å²) in [7, 11) is -1.91.